The average Bonchev–Trinajstić information content (AvgIpc) is 1.56. The second kappa shape index (κ2) is 34.4. The standard InChI is InChI=1S/C42H58N6O8S2.C42H56N6O8S2/c2*1-26(2)43-38-45-33(25-57-38)32-22-35(30-16-15-28(54-6)20-31(30)44-32)55-29-21-34(48(24-29)39(51)56-40(3,4)5)36(49)46-42-23-27(42)14-12-10-8-7-9-11-13-17-41(18-19-41)58(52,53)47-37(42)50/h15-16,20,22,25-27,29,34H,7-14,17-19,21,23-24H2,1-6H3,(H,43,45)(H,46,49)(H,47,50);12,14-16,20,22,25-27,29,34H,7-11,13,17-19,21,23-24H2,1-6H3,(H,43,45)(H,46,49)(H,47,50)/b;14-12+/t2*27-,29-,34+,42-/m11/s1. The van der Waals surface area contributed by atoms with E-state index in [1.807, 2.05) is 99.1 Å². The number of hydrogen-bond donors (Lipinski definition) is 6. The van der Waals surface area contributed by atoms with Crippen molar-refractivity contribution >= 4 is 111 Å². The molecule has 6 amide bonds. The highest BCUT2D eigenvalue weighted by molar-refractivity contribution is 7.92. The lowest BCUT2D eigenvalue weighted by Gasteiger charge is -2.29. The maximum absolute atomic E-state index is 14.5. The topological polar surface area (TPSA) is 356 Å². The van der Waals surface area contributed by atoms with Crippen LogP contribution in [0.3, 0.4) is 0 Å². The Hall–Kier alpha value is -8.62. The van der Waals surface area contributed by atoms with Gasteiger partial charge in [-0.2, -0.15) is 0 Å². The number of likely N-dealkylation sites (tertiary alicyclic amines) is 2. The molecule has 2 spiro atoms. The van der Waals surface area contributed by atoms with Crippen molar-refractivity contribution in [2.75, 3.05) is 37.9 Å². The van der Waals surface area contributed by atoms with Crippen LogP contribution in [-0.4, -0.2) is 178 Å². The van der Waals surface area contributed by atoms with Crippen molar-refractivity contribution in [2.24, 2.45) is 11.8 Å². The number of carbonyl (C=O) groups excluding carboxylic acids is 6. The van der Waals surface area contributed by atoms with E-state index in [0.29, 0.717) is 119 Å². The van der Waals surface area contributed by atoms with Crippen LogP contribution in [0.5, 0.6) is 23.0 Å². The lowest BCUT2D eigenvalue weighted by atomic mass is 10.0. The van der Waals surface area contributed by atoms with Crippen molar-refractivity contribution in [1.29, 1.82) is 0 Å². The molecule has 4 aliphatic carbocycles. The number of methoxy groups -OCH3 is 2. The van der Waals surface area contributed by atoms with Gasteiger partial charge in [-0.1, -0.05) is 82.8 Å². The van der Waals surface area contributed by atoms with E-state index in [0.717, 1.165) is 93.7 Å². The summed E-state index contributed by atoms with van der Waals surface area (Å²) in [7, 11) is -4.79. The van der Waals surface area contributed by atoms with Gasteiger partial charge in [0.05, 0.1) is 59.2 Å². The fourth-order valence-electron chi connectivity index (χ4n) is 16.3. The Morgan fingerprint density at radius 2 is 0.957 bits per heavy atom. The van der Waals surface area contributed by atoms with E-state index >= 15 is 0 Å². The van der Waals surface area contributed by atoms with E-state index in [2.05, 4.69) is 30.7 Å². The first kappa shape index (κ1) is 85.3. The number of amides is 6. The zero-order valence-corrected chi connectivity index (χ0v) is 72.0. The molecule has 6 aromatic rings. The monoisotopic (exact) mass is 1670 g/mol. The summed E-state index contributed by atoms with van der Waals surface area (Å²) >= 11 is 2.94. The van der Waals surface area contributed by atoms with Crippen LogP contribution < -0.4 is 49.7 Å². The van der Waals surface area contributed by atoms with E-state index < -0.39 is 118 Å². The predicted octanol–water partition coefficient (Wildman–Crippen LogP) is 14.4. The molecule has 8 atom stereocenters. The lowest BCUT2D eigenvalue weighted by molar-refractivity contribution is -0.132. The Morgan fingerprint density at radius 1 is 0.534 bits per heavy atom. The van der Waals surface area contributed by atoms with Crippen LogP contribution in [0.2, 0.25) is 0 Å². The largest absolute Gasteiger partial charge is 0.497 e. The van der Waals surface area contributed by atoms with Crippen molar-refractivity contribution in [1.82, 2.24) is 49.8 Å². The van der Waals surface area contributed by atoms with Gasteiger partial charge in [0, 0.05) is 76.6 Å². The van der Waals surface area contributed by atoms with Gasteiger partial charge in [-0.25, -0.2) is 46.4 Å². The number of sulfonamides is 2. The molecule has 0 unspecified atom stereocenters. The number of hydrogen-bond acceptors (Lipinski definition) is 24. The molecule has 4 aromatic heterocycles. The fourth-order valence-corrected chi connectivity index (χ4v) is 21.4. The third-order valence-corrected chi connectivity index (χ3v) is 29.1. The summed E-state index contributed by atoms with van der Waals surface area (Å²) in [6.45, 7) is 18.7. The van der Waals surface area contributed by atoms with E-state index in [9.17, 15) is 45.6 Å². The van der Waals surface area contributed by atoms with Crippen LogP contribution in [0.15, 0.2) is 71.4 Å². The maximum Gasteiger partial charge on any atom is 0.411 e. The van der Waals surface area contributed by atoms with Gasteiger partial charge in [0.1, 0.15) is 81.0 Å². The summed E-state index contributed by atoms with van der Waals surface area (Å²) < 4.78 is 93.7. The van der Waals surface area contributed by atoms with Gasteiger partial charge in [-0.05, 0) is 170 Å². The van der Waals surface area contributed by atoms with Crippen LogP contribution in [0.1, 0.15) is 223 Å². The summed E-state index contributed by atoms with van der Waals surface area (Å²) in [5.74, 6) is -1.00. The van der Waals surface area contributed by atoms with Crippen LogP contribution in [0.4, 0.5) is 19.9 Å². The molecule has 28 nitrogen and oxygen atoms in total. The maximum atomic E-state index is 14.5. The number of thiazole rings is 2. The van der Waals surface area contributed by atoms with E-state index in [-0.39, 0.29) is 50.4 Å². The highest BCUT2D eigenvalue weighted by Gasteiger charge is 2.66. The molecular formula is C84H114N12O16S4. The first-order chi connectivity index (χ1) is 55.0. The van der Waals surface area contributed by atoms with Gasteiger partial charge >= 0.3 is 12.2 Å². The molecule has 7 fully saturated rings. The second-order valence-corrected chi connectivity index (χ2v) is 41.2. The molecule has 8 heterocycles. The Morgan fingerprint density at radius 3 is 1.39 bits per heavy atom. The summed E-state index contributed by atoms with van der Waals surface area (Å²) in [6.07, 6.45) is 18.3. The van der Waals surface area contributed by atoms with Crippen molar-refractivity contribution in [2.45, 2.75) is 291 Å². The number of rotatable bonds is 16. The molecule has 630 valence electrons. The molecule has 8 aliphatic rings. The molecule has 4 saturated carbocycles. The number of benzene rings is 2. The number of allylic oxidation sites excluding steroid dienone is 1. The second-order valence-electron chi connectivity index (χ2n) is 35.3. The molecule has 0 bridgehead atoms. The van der Waals surface area contributed by atoms with Gasteiger partial charge in [0.2, 0.25) is 31.9 Å². The average molecular weight is 1680 g/mol. The number of fused-ring (bicyclic) bond motifs is 4. The third kappa shape index (κ3) is 19.7. The van der Waals surface area contributed by atoms with Crippen LogP contribution in [-0.2, 0) is 48.7 Å². The van der Waals surface area contributed by atoms with E-state index in [4.69, 9.17) is 48.4 Å². The molecule has 32 heteroatoms. The van der Waals surface area contributed by atoms with E-state index in [1.54, 1.807) is 55.8 Å². The summed E-state index contributed by atoms with van der Waals surface area (Å²) in [4.78, 5) is 107. The zero-order valence-electron chi connectivity index (χ0n) is 68.8. The Kier molecular flexibility index (Phi) is 25.3. The van der Waals surface area contributed by atoms with Gasteiger partial charge in [0.25, 0.3) is 11.8 Å². The third-order valence-electron chi connectivity index (χ3n) is 23.2. The predicted molar refractivity (Wildman–Crippen MR) is 447 cm³/mol. The van der Waals surface area contributed by atoms with Crippen molar-refractivity contribution in [3.63, 3.8) is 0 Å². The summed E-state index contributed by atoms with van der Waals surface area (Å²) in [5.41, 5.74) is -0.889. The zero-order chi connectivity index (χ0) is 82.9. The van der Waals surface area contributed by atoms with Crippen LogP contribution >= 0.6 is 22.7 Å². The molecule has 6 N–H and O–H groups in total. The summed E-state index contributed by atoms with van der Waals surface area (Å²) in [5, 5.41) is 19.4. The lowest BCUT2D eigenvalue weighted by Crippen LogP contribution is -2.57. The number of pyridine rings is 2. The van der Waals surface area contributed by atoms with Crippen molar-refractivity contribution in [3.8, 4) is 45.8 Å². The minimum atomic E-state index is -3.99. The highest BCUT2D eigenvalue weighted by atomic mass is 32.2. The number of anilines is 2. The Labute approximate surface area is 688 Å². The Bertz CT molecular complexity index is 4910. The van der Waals surface area contributed by atoms with E-state index in [1.165, 1.54) is 32.5 Å². The van der Waals surface area contributed by atoms with Crippen molar-refractivity contribution < 1.29 is 74.0 Å². The minimum Gasteiger partial charge on any atom is -0.497 e. The number of carbonyl (C=O) groups is 6. The van der Waals surface area contributed by atoms with Gasteiger partial charge < -0.3 is 49.7 Å². The highest BCUT2D eigenvalue weighted by Crippen LogP contribution is 2.53. The van der Waals surface area contributed by atoms with Gasteiger partial charge in [-0.3, -0.25) is 38.4 Å². The SMILES string of the molecule is COc1ccc2c(O[C@@H]3C[C@@H](C(=O)N[C@]45C[C@H]4/C=C/CCCCCCCC4(CC4)S(=O)(=O)NC5=O)N(C(=O)OC(C)(C)C)C3)cc(-c3csc(NC(C)C)n3)nc2c1.COc1ccc2c(O[C@@H]3C[C@@H](C(=O)N[C@]45C[C@H]4CCCCCCCCCC4(CC4)S(=O)(=O)NC5=O)N(C(=O)OC(C)(C)C)C3)cc(-c3csc(NC(C)C)n3)nc2c1. The number of ether oxygens (including phenoxy) is 6. The smallest absolute Gasteiger partial charge is 0.411 e. The minimum absolute atomic E-state index is 0.0148. The van der Waals surface area contributed by atoms with Crippen molar-refractivity contribution in [3.05, 3.63) is 71.4 Å². The number of nitrogens with zero attached hydrogens (tertiary/aromatic N) is 6. The van der Waals surface area contributed by atoms with Gasteiger partial charge in [-0.15, -0.1) is 22.7 Å². The quantitative estimate of drug-likeness (QED) is 0.0490. The normalized spacial score (nSPS) is 26.0. The fraction of sp³-hybridized carbons (Fsp3) is 0.619. The summed E-state index contributed by atoms with van der Waals surface area (Å²) in [6, 6.07) is 12.9. The number of nitrogens with one attached hydrogen (secondary N) is 6. The molecule has 2 aromatic carbocycles. The first-order valence-corrected chi connectivity index (χ1v) is 45.9. The molecule has 4 aliphatic heterocycles. The number of aromatic nitrogens is 4. The molecule has 3 saturated heterocycles. The molecule has 14 rings (SSSR count). The molecular weight excluding hydrogens is 1560 g/mol. The molecule has 0 radical (unpaired) electrons. The first-order valence-electron chi connectivity index (χ1n) is 41.2. The Balaban J connectivity index is 0.000000202. The van der Waals surface area contributed by atoms with Crippen LogP contribution in [0, 0.1) is 11.8 Å². The van der Waals surface area contributed by atoms with Gasteiger partial charge in [0.15, 0.2) is 10.3 Å². The molecule has 116 heavy (non-hydrogen) atoms. The van der Waals surface area contributed by atoms with Crippen LogP contribution in [0.25, 0.3) is 44.6 Å².